The Bertz CT molecular complexity index is 573. The van der Waals surface area contributed by atoms with E-state index < -0.39 is 5.97 Å². The number of carbonyl (C=O) groups excluding carboxylic acids is 1. The van der Waals surface area contributed by atoms with Crippen LogP contribution in [0.5, 0.6) is 0 Å². The molecule has 2 aromatic heterocycles. The van der Waals surface area contributed by atoms with E-state index in [2.05, 4.69) is 10.4 Å². The summed E-state index contributed by atoms with van der Waals surface area (Å²) < 4.78 is 1.50. The minimum absolute atomic E-state index is 0.113. The first-order valence-electron chi connectivity index (χ1n) is 4.68. The first kappa shape index (κ1) is 11.3. The predicted octanol–water partition coefficient (Wildman–Crippen LogP) is 1.43. The van der Waals surface area contributed by atoms with E-state index in [0.29, 0.717) is 11.3 Å². The maximum absolute atomic E-state index is 11.7. The van der Waals surface area contributed by atoms with Gasteiger partial charge in [-0.3, -0.25) is 9.48 Å². The molecule has 88 valence electrons. The molecule has 0 spiro atoms. The van der Waals surface area contributed by atoms with Gasteiger partial charge in [0.2, 0.25) is 0 Å². The minimum Gasteiger partial charge on any atom is -0.477 e. The lowest BCUT2D eigenvalue weighted by molar-refractivity contribution is 0.0703. The van der Waals surface area contributed by atoms with Crippen molar-refractivity contribution in [2.24, 2.45) is 7.05 Å². The van der Waals surface area contributed by atoms with Crippen LogP contribution >= 0.6 is 11.3 Å². The highest BCUT2D eigenvalue weighted by molar-refractivity contribution is 7.12. The fraction of sp³-hybridized carbons (Fsp3) is 0.100. The van der Waals surface area contributed by atoms with Crippen molar-refractivity contribution in [1.29, 1.82) is 0 Å². The van der Waals surface area contributed by atoms with Gasteiger partial charge in [0.15, 0.2) is 0 Å². The summed E-state index contributed by atoms with van der Waals surface area (Å²) in [4.78, 5) is 22.7. The lowest BCUT2D eigenvalue weighted by atomic mass is 10.3. The number of aryl methyl sites for hydroxylation is 1. The number of carbonyl (C=O) groups is 2. The van der Waals surface area contributed by atoms with E-state index >= 15 is 0 Å². The fourth-order valence-electron chi connectivity index (χ4n) is 1.31. The van der Waals surface area contributed by atoms with E-state index in [4.69, 9.17) is 5.11 Å². The summed E-state index contributed by atoms with van der Waals surface area (Å²) in [5.41, 5.74) is 0.686. The highest BCUT2D eigenvalue weighted by atomic mass is 32.1. The number of carboxylic acids is 1. The van der Waals surface area contributed by atoms with Crippen LogP contribution in [0.3, 0.4) is 0 Å². The second kappa shape index (κ2) is 4.38. The van der Waals surface area contributed by atoms with Gasteiger partial charge in [0, 0.05) is 13.2 Å². The molecule has 0 aliphatic rings. The normalized spacial score (nSPS) is 10.2. The van der Waals surface area contributed by atoms with Crippen molar-refractivity contribution in [3.8, 4) is 0 Å². The van der Waals surface area contributed by atoms with Crippen molar-refractivity contribution in [3.05, 3.63) is 34.3 Å². The third-order valence-corrected chi connectivity index (χ3v) is 2.98. The summed E-state index contributed by atoms with van der Waals surface area (Å²) >= 11 is 1.06. The van der Waals surface area contributed by atoms with Crippen LogP contribution in [-0.2, 0) is 7.05 Å². The SMILES string of the molecule is Cn1cc(C(=O)Nc2ccsc2C(=O)O)cn1. The molecule has 0 saturated carbocycles. The number of nitrogens with zero attached hydrogens (tertiary/aromatic N) is 2. The van der Waals surface area contributed by atoms with E-state index in [-0.39, 0.29) is 10.8 Å². The fourth-order valence-corrected chi connectivity index (χ4v) is 1.99. The molecule has 2 aromatic rings. The number of thiophene rings is 1. The van der Waals surface area contributed by atoms with Crippen LogP contribution < -0.4 is 5.32 Å². The molecule has 0 radical (unpaired) electrons. The maximum atomic E-state index is 11.7. The largest absolute Gasteiger partial charge is 0.477 e. The van der Waals surface area contributed by atoms with Crippen molar-refractivity contribution in [2.75, 3.05) is 5.32 Å². The van der Waals surface area contributed by atoms with Crippen molar-refractivity contribution in [1.82, 2.24) is 9.78 Å². The molecule has 0 bridgehead atoms. The molecular formula is C10H9N3O3S. The number of carboxylic acid groups (broad SMARTS) is 1. The van der Waals surface area contributed by atoms with E-state index in [0.717, 1.165) is 11.3 Å². The number of nitrogens with one attached hydrogen (secondary N) is 1. The Hall–Kier alpha value is -2.15. The smallest absolute Gasteiger partial charge is 0.348 e. The van der Waals surface area contributed by atoms with Gasteiger partial charge in [-0.05, 0) is 11.4 Å². The molecule has 17 heavy (non-hydrogen) atoms. The molecule has 0 saturated heterocycles. The third kappa shape index (κ3) is 2.34. The van der Waals surface area contributed by atoms with Crippen LogP contribution in [0.15, 0.2) is 23.8 Å². The molecule has 2 heterocycles. The molecule has 0 fully saturated rings. The summed E-state index contributed by atoms with van der Waals surface area (Å²) in [5, 5.41) is 16.9. The zero-order valence-corrected chi connectivity index (χ0v) is 9.69. The van der Waals surface area contributed by atoms with Gasteiger partial charge in [0.05, 0.1) is 17.4 Å². The van der Waals surface area contributed by atoms with Gasteiger partial charge < -0.3 is 10.4 Å². The number of hydrogen-bond acceptors (Lipinski definition) is 4. The zero-order chi connectivity index (χ0) is 12.4. The third-order valence-electron chi connectivity index (χ3n) is 2.07. The lowest BCUT2D eigenvalue weighted by Gasteiger charge is -2.01. The quantitative estimate of drug-likeness (QED) is 0.864. The molecule has 0 aromatic carbocycles. The molecule has 0 aliphatic carbocycles. The van der Waals surface area contributed by atoms with Gasteiger partial charge in [-0.25, -0.2) is 4.79 Å². The summed E-state index contributed by atoms with van der Waals surface area (Å²) in [6.45, 7) is 0. The highest BCUT2D eigenvalue weighted by Gasteiger charge is 2.15. The van der Waals surface area contributed by atoms with Crippen LogP contribution in [-0.4, -0.2) is 26.8 Å². The Morgan fingerprint density at radius 3 is 2.88 bits per heavy atom. The van der Waals surface area contributed by atoms with E-state index in [1.165, 1.54) is 10.9 Å². The van der Waals surface area contributed by atoms with Crippen molar-refractivity contribution < 1.29 is 14.7 Å². The predicted molar refractivity (Wildman–Crippen MR) is 62.4 cm³/mol. The van der Waals surface area contributed by atoms with Crippen LogP contribution in [0.2, 0.25) is 0 Å². The van der Waals surface area contributed by atoms with Crippen LogP contribution in [0.4, 0.5) is 5.69 Å². The van der Waals surface area contributed by atoms with Crippen molar-refractivity contribution >= 4 is 28.9 Å². The molecular weight excluding hydrogens is 242 g/mol. The molecule has 7 heteroatoms. The van der Waals surface area contributed by atoms with Gasteiger partial charge in [-0.1, -0.05) is 0 Å². The summed E-state index contributed by atoms with van der Waals surface area (Å²) in [6, 6.07) is 1.56. The Balaban J connectivity index is 2.18. The first-order valence-corrected chi connectivity index (χ1v) is 5.56. The number of rotatable bonds is 3. The second-order valence-corrected chi connectivity index (χ2v) is 4.24. The second-order valence-electron chi connectivity index (χ2n) is 3.33. The number of amides is 1. The number of anilines is 1. The number of aromatic nitrogens is 2. The minimum atomic E-state index is -1.05. The van der Waals surface area contributed by atoms with Crippen molar-refractivity contribution in [3.63, 3.8) is 0 Å². The average molecular weight is 251 g/mol. The summed E-state index contributed by atoms with van der Waals surface area (Å²) in [6.07, 6.45) is 2.98. The van der Waals surface area contributed by atoms with E-state index in [1.807, 2.05) is 0 Å². The number of hydrogen-bond donors (Lipinski definition) is 2. The van der Waals surface area contributed by atoms with Gasteiger partial charge in [0.25, 0.3) is 5.91 Å². The molecule has 1 amide bonds. The molecule has 6 nitrogen and oxygen atoms in total. The van der Waals surface area contributed by atoms with Gasteiger partial charge in [0.1, 0.15) is 4.88 Å². The standard InChI is InChI=1S/C10H9N3O3S/c1-13-5-6(4-11-13)9(14)12-7-2-3-17-8(7)10(15)16/h2-5H,1H3,(H,12,14)(H,15,16). The molecule has 0 aliphatic heterocycles. The van der Waals surface area contributed by atoms with Crippen molar-refractivity contribution in [2.45, 2.75) is 0 Å². The van der Waals surface area contributed by atoms with Crippen LogP contribution in [0.25, 0.3) is 0 Å². The van der Waals surface area contributed by atoms with Gasteiger partial charge in [-0.2, -0.15) is 5.10 Å². The molecule has 0 unspecified atom stereocenters. The Morgan fingerprint density at radius 2 is 2.29 bits per heavy atom. The van der Waals surface area contributed by atoms with Gasteiger partial charge >= 0.3 is 5.97 Å². The maximum Gasteiger partial charge on any atom is 0.348 e. The van der Waals surface area contributed by atoms with E-state index in [9.17, 15) is 9.59 Å². The number of aromatic carboxylic acids is 1. The molecule has 0 atom stereocenters. The average Bonchev–Trinajstić information content (AvgIpc) is 2.86. The Kier molecular flexibility index (Phi) is 2.92. The van der Waals surface area contributed by atoms with Gasteiger partial charge in [-0.15, -0.1) is 11.3 Å². The molecule has 2 rings (SSSR count). The zero-order valence-electron chi connectivity index (χ0n) is 8.88. The Morgan fingerprint density at radius 1 is 1.53 bits per heavy atom. The summed E-state index contributed by atoms with van der Waals surface area (Å²) in [5.74, 6) is -1.43. The topological polar surface area (TPSA) is 84.2 Å². The van der Waals surface area contributed by atoms with E-state index in [1.54, 1.807) is 24.7 Å². The first-order chi connectivity index (χ1) is 8.08. The molecule has 2 N–H and O–H groups in total. The van der Waals surface area contributed by atoms with Crippen LogP contribution in [0.1, 0.15) is 20.0 Å². The highest BCUT2D eigenvalue weighted by Crippen LogP contribution is 2.22. The monoisotopic (exact) mass is 251 g/mol. The Labute approximate surface area is 100 Å². The summed E-state index contributed by atoms with van der Waals surface area (Å²) in [7, 11) is 1.70. The van der Waals surface area contributed by atoms with Crippen LogP contribution in [0, 0.1) is 0 Å². The lowest BCUT2D eigenvalue weighted by Crippen LogP contribution is -2.12.